The molecule has 0 atom stereocenters. The SMILES string of the molecule is CCNCCCNC(=O)C(=O)OCC. The van der Waals surface area contributed by atoms with E-state index in [0.29, 0.717) is 6.54 Å². The molecule has 0 aliphatic rings. The van der Waals surface area contributed by atoms with Crippen molar-refractivity contribution in [1.29, 1.82) is 0 Å². The average Bonchev–Trinajstić information content (AvgIpc) is 2.17. The van der Waals surface area contributed by atoms with E-state index < -0.39 is 11.9 Å². The third-order valence-electron chi connectivity index (χ3n) is 1.53. The lowest BCUT2D eigenvalue weighted by Gasteiger charge is -2.04. The molecule has 0 saturated heterocycles. The van der Waals surface area contributed by atoms with E-state index in [2.05, 4.69) is 15.4 Å². The van der Waals surface area contributed by atoms with Gasteiger partial charge >= 0.3 is 11.9 Å². The van der Waals surface area contributed by atoms with E-state index in [0.717, 1.165) is 19.5 Å². The monoisotopic (exact) mass is 202 g/mol. The van der Waals surface area contributed by atoms with Crippen LogP contribution in [0.3, 0.4) is 0 Å². The number of hydrogen-bond acceptors (Lipinski definition) is 4. The summed E-state index contributed by atoms with van der Waals surface area (Å²) in [6.45, 7) is 6.13. The Balaban J connectivity index is 3.39. The first-order valence-corrected chi connectivity index (χ1v) is 4.88. The minimum atomic E-state index is -0.809. The van der Waals surface area contributed by atoms with Crippen molar-refractivity contribution in [2.45, 2.75) is 20.3 Å². The number of hydrogen-bond donors (Lipinski definition) is 2. The maximum atomic E-state index is 11.0. The molecule has 0 aromatic rings. The lowest BCUT2D eigenvalue weighted by molar-refractivity contribution is -0.154. The van der Waals surface area contributed by atoms with Crippen molar-refractivity contribution in [2.75, 3.05) is 26.2 Å². The van der Waals surface area contributed by atoms with Gasteiger partial charge in [0.25, 0.3) is 0 Å². The van der Waals surface area contributed by atoms with Crippen LogP contribution in [-0.4, -0.2) is 38.1 Å². The lowest BCUT2D eigenvalue weighted by Crippen LogP contribution is -2.34. The van der Waals surface area contributed by atoms with Gasteiger partial charge in [-0.15, -0.1) is 0 Å². The quantitative estimate of drug-likeness (QED) is 0.351. The van der Waals surface area contributed by atoms with E-state index in [-0.39, 0.29) is 6.61 Å². The number of ether oxygens (including phenoxy) is 1. The maximum absolute atomic E-state index is 11.0. The number of nitrogens with one attached hydrogen (secondary N) is 2. The van der Waals surface area contributed by atoms with Gasteiger partial charge in [0, 0.05) is 6.54 Å². The molecule has 5 heteroatoms. The van der Waals surface area contributed by atoms with Crippen molar-refractivity contribution >= 4 is 11.9 Å². The third-order valence-corrected chi connectivity index (χ3v) is 1.53. The van der Waals surface area contributed by atoms with Gasteiger partial charge in [0.2, 0.25) is 0 Å². The first-order chi connectivity index (χ1) is 6.72. The summed E-state index contributed by atoms with van der Waals surface area (Å²) < 4.78 is 4.52. The summed E-state index contributed by atoms with van der Waals surface area (Å²) in [6.07, 6.45) is 0.805. The molecule has 0 radical (unpaired) electrons. The molecule has 0 bridgehead atoms. The number of carbonyl (C=O) groups excluding carboxylic acids is 2. The standard InChI is InChI=1S/C9H18N2O3/c1-3-10-6-5-7-11-8(12)9(13)14-4-2/h10H,3-7H2,1-2H3,(H,11,12). The molecule has 0 aromatic carbocycles. The van der Waals surface area contributed by atoms with Crippen molar-refractivity contribution in [3.63, 3.8) is 0 Å². The summed E-state index contributed by atoms with van der Waals surface area (Å²) in [7, 11) is 0. The highest BCUT2D eigenvalue weighted by molar-refractivity contribution is 6.32. The minimum Gasteiger partial charge on any atom is -0.459 e. The van der Waals surface area contributed by atoms with Crippen LogP contribution in [0.1, 0.15) is 20.3 Å². The van der Waals surface area contributed by atoms with Gasteiger partial charge < -0.3 is 15.4 Å². The Bertz CT molecular complexity index is 183. The molecule has 1 amide bonds. The number of carbonyl (C=O) groups is 2. The van der Waals surface area contributed by atoms with Gasteiger partial charge in [0.15, 0.2) is 0 Å². The molecule has 5 nitrogen and oxygen atoms in total. The Morgan fingerprint density at radius 2 is 1.93 bits per heavy atom. The molecule has 0 rings (SSSR count). The topological polar surface area (TPSA) is 67.4 Å². The highest BCUT2D eigenvalue weighted by Crippen LogP contribution is 1.79. The van der Waals surface area contributed by atoms with Crippen LogP contribution in [0.5, 0.6) is 0 Å². The van der Waals surface area contributed by atoms with Crippen LogP contribution >= 0.6 is 0 Å². The normalized spacial score (nSPS) is 9.57. The second-order valence-corrected chi connectivity index (χ2v) is 2.68. The van der Waals surface area contributed by atoms with Crippen LogP contribution < -0.4 is 10.6 Å². The van der Waals surface area contributed by atoms with Crippen molar-refractivity contribution in [3.8, 4) is 0 Å². The molecule has 0 fully saturated rings. The molecule has 0 aliphatic heterocycles. The molecular formula is C9H18N2O3. The van der Waals surface area contributed by atoms with Crippen LogP contribution in [-0.2, 0) is 14.3 Å². The predicted octanol–water partition coefficient (Wildman–Crippen LogP) is -0.335. The molecule has 14 heavy (non-hydrogen) atoms. The first-order valence-electron chi connectivity index (χ1n) is 4.88. The maximum Gasteiger partial charge on any atom is 0.396 e. The second kappa shape index (κ2) is 8.50. The van der Waals surface area contributed by atoms with Crippen LogP contribution in [0.2, 0.25) is 0 Å². The second-order valence-electron chi connectivity index (χ2n) is 2.68. The Labute approximate surface area is 84.2 Å². The average molecular weight is 202 g/mol. The summed E-state index contributed by atoms with van der Waals surface area (Å²) in [5.41, 5.74) is 0. The van der Waals surface area contributed by atoms with Gasteiger partial charge in [0.05, 0.1) is 6.61 Å². The largest absolute Gasteiger partial charge is 0.459 e. The molecule has 0 heterocycles. The van der Waals surface area contributed by atoms with Gasteiger partial charge in [0.1, 0.15) is 0 Å². The van der Waals surface area contributed by atoms with Crippen LogP contribution in [0.4, 0.5) is 0 Å². The van der Waals surface area contributed by atoms with Crippen molar-refractivity contribution < 1.29 is 14.3 Å². The highest BCUT2D eigenvalue weighted by atomic mass is 16.5. The Kier molecular flexibility index (Phi) is 7.83. The van der Waals surface area contributed by atoms with E-state index in [4.69, 9.17) is 0 Å². The lowest BCUT2D eigenvalue weighted by atomic mass is 10.4. The zero-order valence-corrected chi connectivity index (χ0v) is 8.76. The van der Waals surface area contributed by atoms with Crippen molar-refractivity contribution in [2.24, 2.45) is 0 Å². The van der Waals surface area contributed by atoms with Crippen molar-refractivity contribution in [1.82, 2.24) is 10.6 Å². The van der Waals surface area contributed by atoms with E-state index in [1.807, 2.05) is 6.92 Å². The number of rotatable bonds is 6. The summed E-state index contributed by atoms with van der Waals surface area (Å²) in [6, 6.07) is 0. The minimum absolute atomic E-state index is 0.226. The van der Waals surface area contributed by atoms with Crippen LogP contribution in [0.15, 0.2) is 0 Å². The van der Waals surface area contributed by atoms with E-state index in [1.54, 1.807) is 6.92 Å². The first kappa shape index (κ1) is 12.9. The zero-order chi connectivity index (χ0) is 10.8. The fraction of sp³-hybridized carbons (Fsp3) is 0.778. The molecule has 82 valence electrons. The van der Waals surface area contributed by atoms with Gasteiger partial charge in [-0.2, -0.15) is 0 Å². The van der Waals surface area contributed by atoms with Gasteiger partial charge in [-0.1, -0.05) is 6.92 Å². The Morgan fingerprint density at radius 3 is 2.50 bits per heavy atom. The molecule has 2 N–H and O–H groups in total. The molecular weight excluding hydrogens is 184 g/mol. The Morgan fingerprint density at radius 1 is 1.21 bits per heavy atom. The van der Waals surface area contributed by atoms with Crippen molar-refractivity contribution in [3.05, 3.63) is 0 Å². The van der Waals surface area contributed by atoms with Gasteiger partial charge in [-0.3, -0.25) is 4.79 Å². The van der Waals surface area contributed by atoms with Crippen LogP contribution in [0.25, 0.3) is 0 Å². The third kappa shape index (κ3) is 6.42. The predicted molar refractivity (Wildman–Crippen MR) is 52.8 cm³/mol. The fourth-order valence-electron chi connectivity index (χ4n) is 0.861. The van der Waals surface area contributed by atoms with Gasteiger partial charge in [-0.05, 0) is 26.4 Å². The molecule has 0 aliphatic carbocycles. The fourth-order valence-corrected chi connectivity index (χ4v) is 0.861. The smallest absolute Gasteiger partial charge is 0.396 e. The number of esters is 1. The highest BCUT2D eigenvalue weighted by Gasteiger charge is 2.12. The molecule has 0 spiro atoms. The Hall–Kier alpha value is -1.10. The summed E-state index contributed by atoms with van der Waals surface area (Å²) in [5, 5.41) is 5.58. The van der Waals surface area contributed by atoms with Gasteiger partial charge in [-0.25, -0.2) is 4.79 Å². The summed E-state index contributed by atoms with van der Waals surface area (Å²) in [5.74, 6) is -1.47. The molecule has 0 saturated carbocycles. The van der Waals surface area contributed by atoms with E-state index >= 15 is 0 Å². The summed E-state index contributed by atoms with van der Waals surface area (Å²) in [4.78, 5) is 21.8. The zero-order valence-electron chi connectivity index (χ0n) is 8.76. The van der Waals surface area contributed by atoms with E-state index in [9.17, 15) is 9.59 Å². The van der Waals surface area contributed by atoms with E-state index in [1.165, 1.54) is 0 Å². The number of amides is 1. The summed E-state index contributed by atoms with van der Waals surface area (Å²) >= 11 is 0. The molecule has 0 aromatic heterocycles. The van der Waals surface area contributed by atoms with Crippen LogP contribution in [0, 0.1) is 0 Å². The molecule has 0 unspecified atom stereocenters.